The number of carbonyl (C=O) groups excluding carboxylic acids is 1. The second-order valence-corrected chi connectivity index (χ2v) is 7.79. The van der Waals surface area contributed by atoms with Crippen LogP contribution in [0.3, 0.4) is 0 Å². The van der Waals surface area contributed by atoms with Gasteiger partial charge in [0, 0.05) is 5.92 Å². The van der Waals surface area contributed by atoms with Crippen LogP contribution in [-0.2, 0) is 19.4 Å². The standard InChI is InChI=1S/C13H20N2O5S/c1-4-19-13(16)10(8(2)3)12-14-11(15-20-12)9-5-6-21(17,18)7-9/h8-10H,4-7H2,1-3H3. The van der Waals surface area contributed by atoms with E-state index in [-0.39, 0.29) is 35.8 Å². The van der Waals surface area contributed by atoms with Crippen molar-refractivity contribution in [2.24, 2.45) is 5.92 Å². The van der Waals surface area contributed by atoms with Crippen molar-refractivity contribution in [3.8, 4) is 0 Å². The molecule has 118 valence electrons. The van der Waals surface area contributed by atoms with Crippen molar-refractivity contribution >= 4 is 15.8 Å². The minimum absolute atomic E-state index is 0.0394. The monoisotopic (exact) mass is 316 g/mol. The molecule has 0 aromatic carbocycles. The van der Waals surface area contributed by atoms with E-state index in [9.17, 15) is 13.2 Å². The number of rotatable bonds is 5. The van der Waals surface area contributed by atoms with E-state index in [4.69, 9.17) is 9.26 Å². The highest BCUT2D eigenvalue weighted by atomic mass is 32.2. The topological polar surface area (TPSA) is 99.4 Å². The van der Waals surface area contributed by atoms with Crippen molar-refractivity contribution in [1.29, 1.82) is 0 Å². The molecule has 0 amide bonds. The molecule has 2 unspecified atom stereocenters. The first-order valence-corrected chi connectivity index (χ1v) is 8.86. The number of nitrogens with zero attached hydrogens (tertiary/aromatic N) is 2. The van der Waals surface area contributed by atoms with Crippen molar-refractivity contribution in [2.75, 3.05) is 18.1 Å². The highest BCUT2D eigenvalue weighted by Crippen LogP contribution is 2.30. The summed E-state index contributed by atoms with van der Waals surface area (Å²) < 4.78 is 33.2. The molecule has 0 bridgehead atoms. The van der Waals surface area contributed by atoms with Gasteiger partial charge in [-0.25, -0.2) is 8.42 Å². The summed E-state index contributed by atoms with van der Waals surface area (Å²) in [6.45, 7) is 5.75. The van der Waals surface area contributed by atoms with E-state index in [0.717, 1.165) is 0 Å². The molecule has 7 nitrogen and oxygen atoms in total. The van der Waals surface area contributed by atoms with Crippen LogP contribution in [-0.4, -0.2) is 42.6 Å². The smallest absolute Gasteiger partial charge is 0.318 e. The fourth-order valence-corrected chi connectivity index (χ4v) is 4.17. The number of ether oxygens (including phenoxy) is 1. The molecular weight excluding hydrogens is 296 g/mol. The molecule has 1 fully saturated rings. The summed E-state index contributed by atoms with van der Waals surface area (Å²) in [5.74, 6) is -0.577. The van der Waals surface area contributed by atoms with E-state index in [2.05, 4.69) is 10.1 Å². The number of carbonyl (C=O) groups is 1. The molecule has 0 saturated carbocycles. The first kappa shape index (κ1) is 15.9. The Morgan fingerprint density at radius 3 is 2.71 bits per heavy atom. The van der Waals surface area contributed by atoms with Crippen molar-refractivity contribution in [1.82, 2.24) is 10.1 Å². The third kappa shape index (κ3) is 3.61. The highest BCUT2D eigenvalue weighted by molar-refractivity contribution is 7.91. The van der Waals surface area contributed by atoms with Crippen molar-refractivity contribution in [2.45, 2.75) is 39.0 Å². The molecule has 1 saturated heterocycles. The predicted octanol–water partition coefficient (Wildman–Crippen LogP) is 1.27. The van der Waals surface area contributed by atoms with Crippen molar-refractivity contribution in [3.63, 3.8) is 0 Å². The van der Waals surface area contributed by atoms with Crippen LogP contribution in [0.25, 0.3) is 0 Å². The lowest BCUT2D eigenvalue weighted by Gasteiger charge is -2.14. The van der Waals surface area contributed by atoms with E-state index in [1.165, 1.54) is 0 Å². The SMILES string of the molecule is CCOC(=O)C(c1nc(C2CCS(=O)(=O)C2)no1)C(C)C. The Hall–Kier alpha value is -1.44. The maximum atomic E-state index is 12.0. The van der Waals surface area contributed by atoms with Crippen LogP contribution >= 0.6 is 0 Å². The molecule has 0 radical (unpaired) electrons. The van der Waals surface area contributed by atoms with Gasteiger partial charge in [0.05, 0.1) is 18.1 Å². The van der Waals surface area contributed by atoms with Gasteiger partial charge in [0.25, 0.3) is 0 Å². The first-order chi connectivity index (χ1) is 9.84. The summed E-state index contributed by atoms with van der Waals surface area (Å²) in [7, 11) is -3.01. The average Bonchev–Trinajstić information content (AvgIpc) is 2.96. The summed E-state index contributed by atoms with van der Waals surface area (Å²) in [5, 5.41) is 3.85. The Kier molecular flexibility index (Phi) is 4.65. The predicted molar refractivity (Wildman–Crippen MR) is 74.5 cm³/mol. The van der Waals surface area contributed by atoms with Gasteiger partial charge in [0.15, 0.2) is 15.7 Å². The molecule has 21 heavy (non-hydrogen) atoms. The first-order valence-electron chi connectivity index (χ1n) is 7.04. The lowest BCUT2D eigenvalue weighted by Crippen LogP contribution is -2.21. The second kappa shape index (κ2) is 6.13. The largest absolute Gasteiger partial charge is 0.465 e. The number of hydrogen-bond donors (Lipinski definition) is 0. The summed E-state index contributed by atoms with van der Waals surface area (Å²) in [6, 6.07) is 0. The molecule has 0 spiro atoms. The van der Waals surface area contributed by atoms with Crippen LogP contribution in [0, 0.1) is 5.92 Å². The normalized spacial score (nSPS) is 22.4. The van der Waals surface area contributed by atoms with Crippen LogP contribution in [0.5, 0.6) is 0 Å². The van der Waals surface area contributed by atoms with Gasteiger partial charge in [0.2, 0.25) is 5.89 Å². The Morgan fingerprint density at radius 2 is 2.19 bits per heavy atom. The van der Waals surface area contributed by atoms with Crippen LogP contribution in [0.15, 0.2) is 4.52 Å². The molecule has 0 N–H and O–H groups in total. The zero-order valence-electron chi connectivity index (χ0n) is 12.4. The summed E-state index contributed by atoms with van der Waals surface area (Å²) in [5.41, 5.74) is 0. The van der Waals surface area contributed by atoms with Gasteiger partial charge in [-0.2, -0.15) is 4.98 Å². The van der Waals surface area contributed by atoms with Gasteiger partial charge >= 0.3 is 5.97 Å². The third-order valence-electron chi connectivity index (χ3n) is 3.53. The van der Waals surface area contributed by atoms with Gasteiger partial charge in [0.1, 0.15) is 5.92 Å². The van der Waals surface area contributed by atoms with Crippen LogP contribution in [0.1, 0.15) is 50.7 Å². The lowest BCUT2D eigenvalue weighted by atomic mass is 9.96. The van der Waals surface area contributed by atoms with Crippen LogP contribution < -0.4 is 0 Å². The van der Waals surface area contributed by atoms with E-state index in [1.807, 2.05) is 13.8 Å². The quantitative estimate of drug-likeness (QED) is 0.754. The lowest BCUT2D eigenvalue weighted by molar-refractivity contribution is -0.146. The fourth-order valence-electron chi connectivity index (χ4n) is 2.43. The molecule has 1 aliphatic rings. The maximum Gasteiger partial charge on any atom is 0.318 e. The molecule has 8 heteroatoms. The fraction of sp³-hybridized carbons (Fsp3) is 0.769. The van der Waals surface area contributed by atoms with Crippen LogP contribution in [0.4, 0.5) is 0 Å². The molecule has 2 atom stereocenters. The Labute approximate surface area is 124 Å². The molecule has 1 aliphatic heterocycles. The van der Waals surface area contributed by atoms with Crippen LogP contribution in [0.2, 0.25) is 0 Å². The molecular formula is C13H20N2O5S. The van der Waals surface area contributed by atoms with E-state index < -0.39 is 21.7 Å². The van der Waals surface area contributed by atoms with E-state index >= 15 is 0 Å². The van der Waals surface area contributed by atoms with Crippen molar-refractivity contribution in [3.05, 3.63) is 11.7 Å². The van der Waals surface area contributed by atoms with Gasteiger partial charge in [-0.3, -0.25) is 4.79 Å². The third-order valence-corrected chi connectivity index (χ3v) is 5.30. The number of hydrogen-bond acceptors (Lipinski definition) is 7. The zero-order chi connectivity index (χ0) is 15.6. The Bertz CT molecular complexity index is 608. The number of esters is 1. The van der Waals surface area contributed by atoms with Gasteiger partial charge < -0.3 is 9.26 Å². The average molecular weight is 316 g/mol. The van der Waals surface area contributed by atoms with Gasteiger partial charge in [-0.1, -0.05) is 19.0 Å². The molecule has 1 aromatic heterocycles. The van der Waals surface area contributed by atoms with Gasteiger partial charge in [-0.15, -0.1) is 0 Å². The van der Waals surface area contributed by atoms with Gasteiger partial charge in [-0.05, 0) is 19.3 Å². The second-order valence-electron chi connectivity index (χ2n) is 5.56. The highest BCUT2D eigenvalue weighted by Gasteiger charge is 2.35. The molecule has 0 aliphatic carbocycles. The molecule has 1 aromatic rings. The van der Waals surface area contributed by atoms with Crippen molar-refractivity contribution < 1.29 is 22.5 Å². The Balaban J connectivity index is 2.19. The van der Waals surface area contributed by atoms with E-state index in [1.54, 1.807) is 6.92 Å². The summed E-state index contributed by atoms with van der Waals surface area (Å²) in [4.78, 5) is 16.2. The summed E-state index contributed by atoms with van der Waals surface area (Å²) in [6.07, 6.45) is 0.493. The number of aromatic nitrogens is 2. The number of sulfone groups is 1. The zero-order valence-corrected chi connectivity index (χ0v) is 13.2. The Morgan fingerprint density at radius 1 is 1.48 bits per heavy atom. The maximum absolute atomic E-state index is 12.0. The van der Waals surface area contributed by atoms with E-state index in [0.29, 0.717) is 12.2 Å². The minimum Gasteiger partial charge on any atom is -0.465 e. The molecule has 2 rings (SSSR count). The summed E-state index contributed by atoms with van der Waals surface area (Å²) >= 11 is 0. The minimum atomic E-state index is -3.01. The molecule has 2 heterocycles.